The van der Waals surface area contributed by atoms with Crippen LogP contribution < -0.4 is 9.64 Å². The van der Waals surface area contributed by atoms with E-state index >= 15 is 0 Å². The molecule has 0 bridgehead atoms. The molecule has 148 valence electrons. The zero-order valence-electron chi connectivity index (χ0n) is 16.4. The fourth-order valence-electron chi connectivity index (χ4n) is 4.41. The van der Waals surface area contributed by atoms with Gasteiger partial charge in [-0.1, -0.05) is 6.07 Å². The van der Waals surface area contributed by atoms with E-state index in [4.69, 9.17) is 4.74 Å². The van der Waals surface area contributed by atoms with E-state index in [1.165, 1.54) is 29.8 Å². The Morgan fingerprint density at radius 2 is 1.86 bits per heavy atom. The minimum Gasteiger partial charge on any atom is -0.497 e. The van der Waals surface area contributed by atoms with Gasteiger partial charge < -0.3 is 9.64 Å². The summed E-state index contributed by atoms with van der Waals surface area (Å²) in [5.41, 5.74) is 3.30. The Morgan fingerprint density at radius 1 is 1.11 bits per heavy atom. The average Bonchev–Trinajstić information content (AvgIpc) is 2.74. The first-order valence-electron chi connectivity index (χ1n) is 10.1. The summed E-state index contributed by atoms with van der Waals surface area (Å²) in [6.45, 7) is 3.31. The van der Waals surface area contributed by atoms with Crippen molar-refractivity contribution in [1.29, 1.82) is 0 Å². The first kappa shape index (κ1) is 18.9. The summed E-state index contributed by atoms with van der Waals surface area (Å²) in [5, 5.41) is 0. The summed E-state index contributed by atoms with van der Waals surface area (Å²) in [6.07, 6.45) is 4.41. The van der Waals surface area contributed by atoms with Gasteiger partial charge in [0.2, 0.25) is 0 Å². The van der Waals surface area contributed by atoms with Gasteiger partial charge in [-0.25, -0.2) is 4.39 Å². The van der Waals surface area contributed by atoms with Crippen molar-refractivity contribution in [3.8, 4) is 5.75 Å². The predicted molar refractivity (Wildman–Crippen MR) is 109 cm³/mol. The molecule has 0 N–H and O–H groups in total. The van der Waals surface area contributed by atoms with E-state index in [1.54, 1.807) is 19.2 Å². The number of halogens is 1. The molecule has 0 unspecified atom stereocenters. The van der Waals surface area contributed by atoms with Crippen molar-refractivity contribution < 1.29 is 13.9 Å². The van der Waals surface area contributed by atoms with Crippen molar-refractivity contribution in [2.45, 2.75) is 31.7 Å². The van der Waals surface area contributed by atoms with E-state index in [0.29, 0.717) is 18.2 Å². The molecule has 1 saturated heterocycles. The molecule has 0 amide bonds. The van der Waals surface area contributed by atoms with Crippen molar-refractivity contribution in [1.82, 2.24) is 4.90 Å². The zero-order valence-corrected chi connectivity index (χ0v) is 16.4. The fourth-order valence-corrected chi connectivity index (χ4v) is 4.41. The van der Waals surface area contributed by atoms with Crippen LogP contribution in [0.1, 0.15) is 35.2 Å². The van der Waals surface area contributed by atoms with E-state index in [-0.39, 0.29) is 11.6 Å². The molecule has 2 aromatic carbocycles. The molecule has 2 heterocycles. The molecule has 0 atom stereocenters. The number of hydrogen-bond donors (Lipinski definition) is 0. The van der Waals surface area contributed by atoms with Crippen molar-refractivity contribution in [2.24, 2.45) is 0 Å². The van der Waals surface area contributed by atoms with Crippen molar-refractivity contribution >= 4 is 11.5 Å². The Balaban J connectivity index is 1.37. The lowest BCUT2D eigenvalue weighted by Crippen LogP contribution is -2.47. The second-order valence-electron chi connectivity index (χ2n) is 7.73. The van der Waals surface area contributed by atoms with Crippen LogP contribution in [0.25, 0.3) is 0 Å². The van der Waals surface area contributed by atoms with Gasteiger partial charge >= 0.3 is 0 Å². The number of anilines is 1. The molecule has 28 heavy (non-hydrogen) atoms. The topological polar surface area (TPSA) is 32.8 Å². The van der Waals surface area contributed by atoms with Gasteiger partial charge in [-0.05, 0) is 61.6 Å². The van der Waals surface area contributed by atoms with E-state index in [0.717, 1.165) is 44.6 Å². The van der Waals surface area contributed by atoms with Crippen molar-refractivity contribution in [3.05, 3.63) is 59.4 Å². The molecule has 0 radical (unpaired) electrons. The average molecular weight is 382 g/mol. The molecule has 2 aliphatic heterocycles. The summed E-state index contributed by atoms with van der Waals surface area (Å²) in [6, 6.07) is 12.7. The van der Waals surface area contributed by atoms with Gasteiger partial charge in [-0.3, -0.25) is 9.69 Å². The Bertz CT molecular complexity index is 829. The van der Waals surface area contributed by atoms with Gasteiger partial charge in [0, 0.05) is 43.0 Å². The molecule has 0 aliphatic carbocycles. The van der Waals surface area contributed by atoms with Crippen LogP contribution >= 0.6 is 0 Å². The second kappa shape index (κ2) is 8.31. The molecule has 4 rings (SSSR count). The Labute approximate surface area is 165 Å². The number of benzene rings is 2. The standard InChI is InChI=1S/C23H27FN2O2/c1-28-21-9-6-17-3-2-12-26(22(17)15-21)20-10-13-25(14-11-20)16-23(27)18-4-7-19(24)8-5-18/h4-9,15,20H,2-3,10-14,16H2,1H3. The van der Waals surface area contributed by atoms with Gasteiger partial charge in [0.25, 0.3) is 0 Å². The van der Waals surface area contributed by atoms with Gasteiger partial charge in [-0.15, -0.1) is 0 Å². The highest BCUT2D eigenvalue weighted by molar-refractivity contribution is 5.97. The summed E-state index contributed by atoms with van der Waals surface area (Å²) >= 11 is 0. The molecule has 0 spiro atoms. The quantitative estimate of drug-likeness (QED) is 0.734. The maximum absolute atomic E-state index is 13.0. The number of ketones is 1. The number of hydrogen-bond acceptors (Lipinski definition) is 4. The Kier molecular flexibility index (Phi) is 5.62. The molecule has 0 saturated carbocycles. The number of carbonyl (C=O) groups is 1. The number of rotatable bonds is 5. The second-order valence-corrected chi connectivity index (χ2v) is 7.73. The highest BCUT2D eigenvalue weighted by Gasteiger charge is 2.29. The number of methoxy groups -OCH3 is 1. The maximum atomic E-state index is 13.0. The zero-order chi connectivity index (χ0) is 19.5. The first-order valence-corrected chi connectivity index (χ1v) is 10.1. The number of fused-ring (bicyclic) bond motifs is 1. The maximum Gasteiger partial charge on any atom is 0.176 e. The van der Waals surface area contributed by atoms with E-state index in [2.05, 4.69) is 21.9 Å². The largest absolute Gasteiger partial charge is 0.497 e. The van der Waals surface area contributed by atoms with Crippen LogP contribution in [0.5, 0.6) is 5.75 Å². The van der Waals surface area contributed by atoms with E-state index < -0.39 is 0 Å². The van der Waals surface area contributed by atoms with Crippen LogP contribution in [0, 0.1) is 5.82 Å². The minimum atomic E-state index is -0.309. The summed E-state index contributed by atoms with van der Waals surface area (Å²) in [5.74, 6) is 0.662. The van der Waals surface area contributed by atoms with Crippen LogP contribution in [0.2, 0.25) is 0 Å². The van der Waals surface area contributed by atoms with Crippen LogP contribution in [-0.2, 0) is 6.42 Å². The van der Waals surface area contributed by atoms with Crippen LogP contribution in [0.4, 0.5) is 10.1 Å². The normalized spacial score (nSPS) is 18.0. The first-order chi connectivity index (χ1) is 13.6. The number of Topliss-reactive ketones (excluding diaryl/α,β-unsaturated/α-hetero) is 1. The van der Waals surface area contributed by atoms with Crippen molar-refractivity contribution in [2.75, 3.05) is 38.2 Å². The van der Waals surface area contributed by atoms with Gasteiger partial charge in [-0.2, -0.15) is 0 Å². The fraction of sp³-hybridized carbons (Fsp3) is 0.435. The van der Waals surface area contributed by atoms with Crippen LogP contribution in [-0.4, -0.2) is 50.0 Å². The van der Waals surface area contributed by atoms with E-state index in [9.17, 15) is 9.18 Å². The lowest BCUT2D eigenvalue weighted by atomic mass is 9.95. The molecular formula is C23H27FN2O2. The van der Waals surface area contributed by atoms with Gasteiger partial charge in [0.15, 0.2) is 5.78 Å². The molecule has 1 fully saturated rings. The number of carbonyl (C=O) groups excluding carboxylic acids is 1. The third-order valence-electron chi connectivity index (χ3n) is 5.98. The number of nitrogens with zero attached hydrogens (tertiary/aromatic N) is 2. The number of piperidine rings is 1. The predicted octanol–water partition coefficient (Wildman–Crippen LogP) is 3.93. The molecule has 0 aromatic heterocycles. The highest BCUT2D eigenvalue weighted by atomic mass is 19.1. The molecular weight excluding hydrogens is 355 g/mol. The summed E-state index contributed by atoms with van der Waals surface area (Å²) in [7, 11) is 1.71. The Hall–Kier alpha value is -2.40. The van der Waals surface area contributed by atoms with Crippen molar-refractivity contribution in [3.63, 3.8) is 0 Å². The number of ether oxygens (including phenoxy) is 1. The lowest BCUT2D eigenvalue weighted by Gasteiger charge is -2.42. The summed E-state index contributed by atoms with van der Waals surface area (Å²) < 4.78 is 18.5. The monoisotopic (exact) mass is 382 g/mol. The van der Waals surface area contributed by atoms with Gasteiger partial charge in [0.1, 0.15) is 11.6 Å². The van der Waals surface area contributed by atoms with E-state index in [1.807, 2.05) is 6.07 Å². The third kappa shape index (κ3) is 4.04. The molecule has 4 nitrogen and oxygen atoms in total. The van der Waals surface area contributed by atoms with Gasteiger partial charge in [0.05, 0.1) is 13.7 Å². The highest BCUT2D eigenvalue weighted by Crippen LogP contribution is 2.34. The number of aryl methyl sites for hydroxylation is 1. The third-order valence-corrected chi connectivity index (χ3v) is 5.98. The molecule has 2 aromatic rings. The summed E-state index contributed by atoms with van der Waals surface area (Å²) in [4.78, 5) is 17.2. The minimum absolute atomic E-state index is 0.0616. The SMILES string of the molecule is COc1ccc2c(c1)N(C1CCN(CC(=O)c3ccc(F)cc3)CC1)CCC2. The lowest BCUT2D eigenvalue weighted by molar-refractivity contribution is 0.0908. The number of likely N-dealkylation sites (tertiary alicyclic amines) is 1. The van der Waals surface area contributed by atoms with Crippen LogP contribution in [0.15, 0.2) is 42.5 Å². The Morgan fingerprint density at radius 3 is 2.57 bits per heavy atom. The smallest absolute Gasteiger partial charge is 0.176 e. The molecule has 2 aliphatic rings. The van der Waals surface area contributed by atoms with Crippen LogP contribution in [0.3, 0.4) is 0 Å². The molecule has 5 heteroatoms.